The van der Waals surface area contributed by atoms with Gasteiger partial charge in [-0.15, -0.1) is 0 Å². The van der Waals surface area contributed by atoms with Crippen molar-refractivity contribution in [3.8, 4) is 0 Å². The van der Waals surface area contributed by atoms with Gasteiger partial charge in [-0.1, -0.05) is 0 Å². The van der Waals surface area contributed by atoms with Crippen molar-refractivity contribution in [2.75, 3.05) is 0 Å². The van der Waals surface area contributed by atoms with Gasteiger partial charge < -0.3 is 9.84 Å². The number of halogens is 1. The number of carboxylic acid groups (broad SMARTS) is 1. The molecule has 0 aromatic heterocycles. The van der Waals surface area contributed by atoms with Gasteiger partial charge >= 0.3 is 5.97 Å². The van der Waals surface area contributed by atoms with E-state index in [1.807, 2.05) is 27.7 Å². The second-order valence-corrected chi connectivity index (χ2v) is 8.89. The number of hydrogen-bond donors (Lipinski definition) is 1. The van der Waals surface area contributed by atoms with Gasteiger partial charge in [0.25, 0.3) is 0 Å². The predicted octanol–water partition coefficient (Wildman–Crippen LogP) is 3.60. The second-order valence-electron chi connectivity index (χ2n) is 6.40. The zero-order chi connectivity index (χ0) is 16.0. The molecular weight excluding hydrogens is 356 g/mol. The van der Waals surface area contributed by atoms with Crippen molar-refractivity contribution < 1.29 is 18.8 Å². The number of carbonyl (C=O) groups is 1. The number of rotatable bonds is 3. The van der Waals surface area contributed by atoms with E-state index < -0.39 is 22.4 Å². The molecule has 0 spiro atoms. The molecule has 2 atom stereocenters. The topological polar surface area (TPSA) is 63.6 Å². The summed E-state index contributed by atoms with van der Waals surface area (Å²) in [6.45, 7) is 7.83. The van der Waals surface area contributed by atoms with Gasteiger partial charge in [0.15, 0.2) is 0 Å². The standard InChI is InChI=1S/C15H19BrO4S/c1-14(2)8-12(15(3,4)20-14)21(19)9-5-6-11(16)10(7-9)13(17)18/h5-7,12H,8H2,1-4H3,(H,17,18). The third kappa shape index (κ3) is 3.38. The zero-order valence-corrected chi connectivity index (χ0v) is 14.9. The molecule has 1 aliphatic heterocycles. The summed E-state index contributed by atoms with van der Waals surface area (Å²) in [5, 5.41) is 9.00. The highest BCUT2D eigenvalue weighted by atomic mass is 79.9. The summed E-state index contributed by atoms with van der Waals surface area (Å²) >= 11 is 3.20. The van der Waals surface area contributed by atoms with Gasteiger partial charge in [0.1, 0.15) is 0 Å². The van der Waals surface area contributed by atoms with Crippen LogP contribution in [0.2, 0.25) is 0 Å². The first kappa shape index (κ1) is 16.6. The maximum absolute atomic E-state index is 12.9. The van der Waals surface area contributed by atoms with Crippen LogP contribution in [0.15, 0.2) is 27.6 Å². The molecule has 0 aliphatic carbocycles. The number of ether oxygens (including phenoxy) is 1. The predicted molar refractivity (Wildman–Crippen MR) is 85.2 cm³/mol. The minimum atomic E-state index is -1.32. The molecule has 0 amide bonds. The third-order valence-electron chi connectivity index (χ3n) is 3.65. The first-order valence-electron chi connectivity index (χ1n) is 6.67. The molecule has 0 saturated carbocycles. The van der Waals surface area contributed by atoms with E-state index in [1.165, 1.54) is 6.07 Å². The molecule has 116 valence electrons. The summed E-state index contributed by atoms with van der Waals surface area (Å²) in [7, 11) is -1.32. The summed E-state index contributed by atoms with van der Waals surface area (Å²) in [5.74, 6) is -1.04. The maximum atomic E-state index is 12.9. The molecule has 0 bridgehead atoms. The van der Waals surface area contributed by atoms with Crippen LogP contribution in [0, 0.1) is 0 Å². The maximum Gasteiger partial charge on any atom is 0.336 e. The Morgan fingerprint density at radius 1 is 1.38 bits per heavy atom. The van der Waals surface area contributed by atoms with E-state index in [9.17, 15) is 9.00 Å². The van der Waals surface area contributed by atoms with Crippen molar-refractivity contribution in [1.82, 2.24) is 0 Å². The quantitative estimate of drug-likeness (QED) is 0.877. The monoisotopic (exact) mass is 374 g/mol. The van der Waals surface area contributed by atoms with Gasteiger partial charge in [0.05, 0.1) is 32.8 Å². The molecule has 1 saturated heterocycles. The Morgan fingerprint density at radius 3 is 2.48 bits per heavy atom. The minimum absolute atomic E-state index is 0.122. The Morgan fingerprint density at radius 2 is 2.00 bits per heavy atom. The normalized spacial score (nSPS) is 24.7. The van der Waals surface area contributed by atoms with Crippen LogP contribution in [-0.4, -0.2) is 31.7 Å². The summed E-state index contributed by atoms with van der Waals surface area (Å²) in [6.07, 6.45) is 0.672. The van der Waals surface area contributed by atoms with Crippen LogP contribution in [0.3, 0.4) is 0 Å². The fourth-order valence-electron chi connectivity index (χ4n) is 2.80. The van der Waals surface area contributed by atoms with Crippen molar-refractivity contribution in [2.24, 2.45) is 0 Å². The lowest BCUT2D eigenvalue weighted by molar-refractivity contribution is -0.0633. The zero-order valence-electron chi connectivity index (χ0n) is 12.5. The van der Waals surface area contributed by atoms with E-state index in [4.69, 9.17) is 9.84 Å². The molecule has 2 rings (SSSR count). The van der Waals surface area contributed by atoms with Crippen LogP contribution >= 0.6 is 15.9 Å². The highest BCUT2D eigenvalue weighted by Gasteiger charge is 2.49. The van der Waals surface area contributed by atoms with Gasteiger partial charge in [-0.3, -0.25) is 4.21 Å². The lowest BCUT2D eigenvalue weighted by Gasteiger charge is -2.26. The number of aromatic carboxylic acids is 1. The molecule has 21 heavy (non-hydrogen) atoms. The van der Waals surface area contributed by atoms with Crippen molar-refractivity contribution in [1.29, 1.82) is 0 Å². The van der Waals surface area contributed by atoms with Gasteiger partial charge in [0, 0.05) is 9.37 Å². The molecule has 6 heteroatoms. The molecule has 2 unspecified atom stereocenters. The molecule has 1 fully saturated rings. The Bertz CT molecular complexity index is 610. The van der Waals surface area contributed by atoms with E-state index in [-0.39, 0.29) is 16.4 Å². The van der Waals surface area contributed by atoms with Crippen molar-refractivity contribution in [3.05, 3.63) is 28.2 Å². The lowest BCUT2D eigenvalue weighted by atomic mass is 10.0. The van der Waals surface area contributed by atoms with Crippen LogP contribution in [0.4, 0.5) is 0 Å². The smallest absolute Gasteiger partial charge is 0.336 e. The Balaban J connectivity index is 2.37. The average Bonchev–Trinajstić information content (AvgIpc) is 2.56. The van der Waals surface area contributed by atoms with E-state index in [2.05, 4.69) is 15.9 Å². The Labute approximate surface area is 135 Å². The van der Waals surface area contributed by atoms with Crippen molar-refractivity contribution >= 4 is 32.7 Å². The highest BCUT2D eigenvalue weighted by Crippen LogP contribution is 2.41. The second kappa shape index (κ2) is 5.48. The van der Waals surface area contributed by atoms with Crippen molar-refractivity contribution in [3.63, 3.8) is 0 Å². The van der Waals surface area contributed by atoms with Gasteiger partial charge in [-0.25, -0.2) is 4.79 Å². The average molecular weight is 375 g/mol. The summed E-state index contributed by atoms with van der Waals surface area (Å²) in [5.41, 5.74) is -0.712. The molecule has 0 radical (unpaired) electrons. The van der Waals surface area contributed by atoms with Crippen LogP contribution in [0.5, 0.6) is 0 Å². The van der Waals surface area contributed by atoms with E-state index in [0.717, 1.165) is 0 Å². The van der Waals surface area contributed by atoms with Crippen LogP contribution in [0.25, 0.3) is 0 Å². The molecule has 1 aromatic rings. The van der Waals surface area contributed by atoms with E-state index in [1.54, 1.807) is 12.1 Å². The molecule has 1 heterocycles. The van der Waals surface area contributed by atoms with Crippen LogP contribution in [0.1, 0.15) is 44.5 Å². The third-order valence-corrected chi connectivity index (χ3v) is 6.31. The Hall–Kier alpha value is -0.720. The molecule has 1 aromatic carbocycles. The molecule has 1 aliphatic rings. The largest absolute Gasteiger partial charge is 0.478 e. The fraction of sp³-hybridized carbons (Fsp3) is 0.533. The van der Waals surface area contributed by atoms with Crippen molar-refractivity contribution in [2.45, 2.75) is 55.5 Å². The molecule has 1 N–H and O–H groups in total. The number of hydrogen-bond acceptors (Lipinski definition) is 3. The Kier molecular flexibility index (Phi) is 4.35. The van der Waals surface area contributed by atoms with E-state index >= 15 is 0 Å². The summed E-state index contributed by atoms with van der Waals surface area (Å²) in [6, 6.07) is 4.81. The highest BCUT2D eigenvalue weighted by molar-refractivity contribution is 9.10. The van der Waals surface area contributed by atoms with Gasteiger partial charge in [0.2, 0.25) is 0 Å². The SMILES string of the molecule is CC1(C)CC(S(=O)c2ccc(Br)c(C(=O)O)c2)C(C)(C)O1. The molecular formula is C15H19BrO4S. The van der Waals surface area contributed by atoms with Gasteiger partial charge in [-0.2, -0.15) is 0 Å². The molecule has 4 nitrogen and oxygen atoms in total. The minimum Gasteiger partial charge on any atom is -0.478 e. The van der Waals surface area contributed by atoms with Gasteiger partial charge in [-0.05, 0) is 68.2 Å². The lowest BCUT2D eigenvalue weighted by Crippen LogP contribution is -2.35. The van der Waals surface area contributed by atoms with Crippen LogP contribution in [-0.2, 0) is 15.5 Å². The van der Waals surface area contributed by atoms with E-state index in [0.29, 0.717) is 15.8 Å². The first-order chi connectivity index (χ1) is 9.53. The fourth-order valence-corrected chi connectivity index (χ4v) is 5.10. The van der Waals surface area contributed by atoms with Crippen LogP contribution < -0.4 is 0 Å². The first-order valence-corrected chi connectivity index (χ1v) is 8.68. The summed E-state index contributed by atoms with van der Waals surface area (Å²) < 4.78 is 19.3. The summed E-state index contributed by atoms with van der Waals surface area (Å²) in [4.78, 5) is 11.7. The number of carboxylic acids is 1. The number of benzene rings is 1.